The largest absolute Gasteiger partial charge is 0.444 e. The van der Waals surface area contributed by atoms with Crippen LogP contribution < -0.4 is 5.32 Å². The number of rotatable bonds is 4. The number of aromatic nitrogens is 1. The minimum absolute atomic E-state index is 0.189. The van der Waals surface area contributed by atoms with Crippen molar-refractivity contribution in [3.05, 3.63) is 65.4 Å². The SMILES string of the molecule is CN1CCC(c2c[nH]c3cc(Nc4ccc5c(c4)C(C4CCN(C(=O)OC(C)(C)C)CC4)=CC5)ccc23)CC1. The lowest BCUT2D eigenvalue weighted by molar-refractivity contribution is 0.0200. The summed E-state index contributed by atoms with van der Waals surface area (Å²) in [7, 11) is 2.22. The second-order valence-electron chi connectivity index (χ2n) is 12.7. The molecule has 0 atom stereocenters. The van der Waals surface area contributed by atoms with Gasteiger partial charge in [0, 0.05) is 41.6 Å². The van der Waals surface area contributed by atoms with Gasteiger partial charge in [-0.05, 0) is 131 Å². The molecule has 3 aromatic rings. The number of ether oxygens (including phenoxy) is 1. The number of fused-ring (bicyclic) bond motifs is 2. The maximum absolute atomic E-state index is 12.5. The van der Waals surface area contributed by atoms with Crippen molar-refractivity contribution >= 4 is 33.9 Å². The lowest BCUT2D eigenvalue weighted by Gasteiger charge is -2.34. The van der Waals surface area contributed by atoms with E-state index in [1.54, 1.807) is 0 Å². The number of H-pyrrole nitrogens is 1. The number of hydrogen-bond acceptors (Lipinski definition) is 4. The van der Waals surface area contributed by atoms with Gasteiger partial charge >= 0.3 is 6.09 Å². The van der Waals surface area contributed by atoms with Crippen LogP contribution in [-0.4, -0.2) is 59.7 Å². The van der Waals surface area contributed by atoms with Crippen molar-refractivity contribution in [3.8, 4) is 0 Å². The second kappa shape index (κ2) is 10.4. The van der Waals surface area contributed by atoms with E-state index < -0.39 is 5.60 Å². The van der Waals surface area contributed by atoms with E-state index in [1.807, 2.05) is 25.7 Å². The van der Waals surface area contributed by atoms with Crippen molar-refractivity contribution in [2.24, 2.45) is 5.92 Å². The first kappa shape index (κ1) is 26.0. The number of allylic oxidation sites excluding steroid dienone is 2. The molecule has 2 fully saturated rings. The summed E-state index contributed by atoms with van der Waals surface area (Å²) in [5.41, 5.74) is 8.64. The molecule has 6 rings (SSSR count). The molecule has 3 heterocycles. The number of hydrogen-bond donors (Lipinski definition) is 2. The molecule has 2 aliphatic heterocycles. The maximum atomic E-state index is 12.5. The predicted molar refractivity (Wildman–Crippen MR) is 160 cm³/mol. The quantitative estimate of drug-likeness (QED) is 0.374. The van der Waals surface area contributed by atoms with Crippen molar-refractivity contribution in [2.45, 2.75) is 64.4 Å². The Bertz CT molecular complexity index is 1380. The van der Waals surface area contributed by atoms with Crippen LogP contribution in [-0.2, 0) is 11.2 Å². The average molecular weight is 527 g/mol. The summed E-state index contributed by atoms with van der Waals surface area (Å²) in [6.45, 7) is 9.62. The standard InChI is InChI=1S/C33H42N4O2/c1-33(2,3)39-32(38)37-17-13-23(14-18-37)27-9-6-22-5-7-25(19-29(22)27)35-26-8-10-28-30(21-34-31(28)20-26)24-11-15-36(4)16-12-24/h5,7-10,19-21,23-24,34-35H,6,11-18H2,1-4H3. The van der Waals surface area contributed by atoms with Crippen LogP contribution in [0.4, 0.5) is 16.2 Å². The number of benzene rings is 2. The minimum Gasteiger partial charge on any atom is -0.444 e. The van der Waals surface area contributed by atoms with Crippen LogP contribution >= 0.6 is 0 Å². The summed E-state index contributed by atoms with van der Waals surface area (Å²) in [5.74, 6) is 1.13. The molecule has 0 unspecified atom stereocenters. The molecule has 0 radical (unpaired) electrons. The summed E-state index contributed by atoms with van der Waals surface area (Å²) >= 11 is 0. The van der Waals surface area contributed by atoms with Crippen LogP contribution in [0.1, 0.15) is 69.1 Å². The minimum atomic E-state index is -0.454. The van der Waals surface area contributed by atoms with Gasteiger partial charge in [-0.3, -0.25) is 0 Å². The fourth-order valence-electron chi connectivity index (χ4n) is 6.57. The first-order valence-electron chi connectivity index (χ1n) is 14.6. The van der Waals surface area contributed by atoms with Crippen LogP contribution in [0.5, 0.6) is 0 Å². The molecule has 6 nitrogen and oxygen atoms in total. The summed E-state index contributed by atoms with van der Waals surface area (Å²) in [6, 6.07) is 13.5. The second-order valence-corrected chi connectivity index (χ2v) is 12.7. The van der Waals surface area contributed by atoms with E-state index in [9.17, 15) is 4.79 Å². The third-order valence-electron chi connectivity index (χ3n) is 8.71. The van der Waals surface area contributed by atoms with Gasteiger partial charge in [0.15, 0.2) is 0 Å². The highest BCUT2D eigenvalue weighted by Gasteiger charge is 2.30. The van der Waals surface area contributed by atoms with Crippen LogP contribution in [0.25, 0.3) is 16.5 Å². The Morgan fingerprint density at radius 2 is 1.64 bits per heavy atom. The third-order valence-corrected chi connectivity index (χ3v) is 8.71. The lowest BCUT2D eigenvalue weighted by Crippen LogP contribution is -2.41. The Labute approximate surface area is 232 Å². The molecule has 0 saturated carbocycles. The number of carbonyl (C=O) groups excluding carboxylic acids is 1. The molecular weight excluding hydrogens is 484 g/mol. The van der Waals surface area contributed by atoms with Gasteiger partial charge < -0.3 is 24.8 Å². The van der Waals surface area contributed by atoms with E-state index in [0.717, 1.165) is 43.7 Å². The number of amides is 1. The third kappa shape index (κ3) is 5.58. The van der Waals surface area contributed by atoms with Crippen molar-refractivity contribution in [3.63, 3.8) is 0 Å². The van der Waals surface area contributed by atoms with E-state index in [-0.39, 0.29) is 6.09 Å². The van der Waals surface area contributed by atoms with Crippen LogP contribution in [0.3, 0.4) is 0 Å². The first-order chi connectivity index (χ1) is 18.7. The highest BCUT2D eigenvalue weighted by Crippen LogP contribution is 2.40. The van der Waals surface area contributed by atoms with E-state index in [1.165, 1.54) is 59.1 Å². The number of nitrogens with one attached hydrogen (secondary N) is 2. The number of carbonyl (C=O) groups is 1. The van der Waals surface area contributed by atoms with E-state index in [0.29, 0.717) is 11.8 Å². The van der Waals surface area contributed by atoms with Gasteiger partial charge in [0.1, 0.15) is 5.60 Å². The van der Waals surface area contributed by atoms with Gasteiger partial charge in [0.2, 0.25) is 0 Å². The molecular formula is C33H42N4O2. The van der Waals surface area contributed by atoms with E-state index in [2.05, 4.69) is 70.9 Å². The van der Waals surface area contributed by atoms with Crippen LogP contribution in [0.15, 0.2) is 48.7 Å². The van der Waals surface area contributed by atoms with Crippen molar-refractivity contribution < 1.29 is 9.53 Å². The Kier molecular flexibility index (Phi) is 6.92. The molecule has 39 heavy (non-hydrogen) atoms. The fraction of sp³-hybridized carbons (Fsp3) is 0.485. The summed E-state index contributed by atoms with van der Waals surface area (Å²) in [6.07, 6.45) is 9.85. The van der Waals surface area contributed by atoms with Gasteiger partial charge in [-0.1, -0.05) is 18.2 Å². The molecule has 1 aromatic heterocycles. The molecule has 1 aliphatic carbocycles. The summed E-state index contributed by atoms with van der Waals surface area (Å²) < 4.78 is 5.59. The van der Waals surface area contributed by atoms with Gasteiger partial charge in [0.05, 0.1) is 0 Å². The molecule has 0 bridgehead atoms. The number of piperidine rings is 2. The van der Waals surface area contributed by atoms with E-state index >= 15 is 0 Å². The molecule has 2 saturated heterocycles. The zero-order valence-corrected chi connectivity index (χ0v) is 23.8. The Morgan fingerprint density at radius 3 is 2.38 bits per heavy atom. The highest BCUT2D eigenvalue weighted by atomic mass is 16.6. The summed E-state index contributed by atoms with van der Waals surface area (Å²) in [4.78, 5) is 20.3. The highest BCUT2D eigenvalue weighted by molar-refractivity contribution is 5.88. The van der Waals surface area contributed by atoms with E-state index in [4.69, 9.17) is 4.74 Å². The fourth-order valence-corrected chi connectivity index (χ4v) is 6.57. The average Bonchev–Trinajstić information content (AvgIpc) is 3.52. The normalized spacial score (nSPS) is 19.3. The number of aromatic amines is 1. The van der Waals surface area contributed by atoms with Gasteiger partial charge in [-0.2, -0.15) is 0 Å². The van der Waals surface area contributed by atoms with Gasteiger partial charge in [0.25, 0.3) is 0 Å². The number of likely N-dealkylation sites (tertiary alicyclic amines) is 2. The van der Waals surface area contributed by atoms with Crippen molar-refractivity contribution in [2.75, 3.05) is 38.5 Å². The van der Waals surface area contributed by atoms with Gasteiger partial charge in [-0.15, -0.1) is 0 Å². The first-order valence-corrected chi connectivity index (χ1v) is 14.6. The molecule has 206 valence electrons. The molecule has 2 aromatic carbocycles. The van der Waals surface area contributed by atoms with Crippen LogP contribution in [0.2, 0.25) is 0 Å². The zero-order chi connectivity index (χ0) is 27.1. The molecule has 6 heteroatoms. The smallest absolute Gasteiger partial charge is 0.410 e. The summed E-state index contributed by atoms with van der Waals surface area (Å²) in [5, 5.41) is 5.02. The Balaban J connectivity index is 1.12. The maximum Gasteiger partial charge on any atom is 0.410 e. The van der Waals surface area contributed by atoms with Crippen LogP contribution in [0, 0.1) is 5.92 Å². The lowest BCUT2D eigenvalue weighted by atomic mass is 9.86. The van der Waals surface area contributed by atoms with Crippen molar-refractivity contribution in [1.29, 1.82) is 0 Å². The van der Waals surface area contributed by atoms with Gasteiger partial charge in [-0.25, -0.2) is 4.79 Å². The topological polar surface area (TPSA) is 60.6 Å². The molecule has 3 aliphatic rings. The molecule has 1 amide bonds. The van der Waals surface area contributed by atoms with Crippen molar-refractivity contribution in [1.82, 2.24) is 14.8 Å². The number of nitrogens with zero attached hydrogens (tertiary/aromatic N) is 2. The Hall–Kier alpha value is -3.25. The predicted octanol–water partition coefficient (Wildman–Crippen LogP) is 7.31. The zero-order valence-electron chi connectivity index (χ0n) is 23.8. The molecule has 2 N–H and O–H groups in total. The number of anilines is 2. The molecule has 0 spiro atoms. The monoisotopic (exact) mass is 526 g/mol. The Morgan fingerprint density at radius 1 is 0.949 bits per heavy atom.